The molecule has 0 saturated carbocycles. The Labute approximate surface area is 155 Å². The average Bonchev–Trinajstić information content (AvgIpc) is 2.53. The van der Waals surface area contributed by atoms with Gasteiger partial charge in [-0.15, -0.1) is 0 Å². The van der Waals surface area contributed by atoms with E-state index in [0.29, 0.717) is 0 Å². The van der Waals surface area contributed by atoms with E-state index in [1.54, 1.807) is 0 Å². The van der Waals surface area contributed by atoms with E-state index in [1.807, 2.05) is 0 Å². The van der Waals surface area contributed by atoms with Gasteiger partial charge in [-0.2, -0.15) is 0 Å². The lowest BCUT2D eigenvalue weighted by atomic mass is 10.1. The van der Waals surface area contributed by atoms with Gasteiger partial charge >= 0.3 is 0 Å². The van der Waals surface area contributed by atoms with Gasteiger partial charge in [0.15, 0.2) is 8.87 Å². The lowest BCUT2D eigenvalue weighted by molar-refractivity contribution is -0.929. The molecular weight excluding hydrogens is 338 g/mol. The van der Waals surface area contributed by atoms with Gasteiger partial charge in [0.2, 0.25) is 0 Å². The van der Waals surface area contributed by atoms with Crippen molar-refractivity contribution in [3.63, 3.8) is 0 Å². The van der Waals surface area contributed by atoms with Gasteiger partial charge in [0.1, 0.15) is 0 Å². The summed E-state index contributed by atoms with van der Waals surface area (Å²) in [6.07, 6.45) is 13.9. The molecule has 0 atom stereocenters. The van der Waals surface area contributed by atoms with Crippen molar-refractivity contribution in [2.45, 2.75) is 85.0 Å². The fourth-order valence-electron chi connectivity index (χ4n) is 3.26. The molecule has 24 heavy (non-hydrogen) atoms. The second-order valence-corrected chi connectivity index (χ2v) is 11.8. The standard InChI is InChI=1S/C19H42NO2S2/c1-5-8-15-20(16-9-6-2,17-10-7-3)18-13-11-12-14-19-23-24(4,21)22/h5-19H2,1-4H3/q+1. The molecule has 0 saturated heterocycles. The van der Waals surface area contributed by atoms with Gasteiger partial charge in [-0.3, -0.25) is 0 Å². The lowest BCUT2D eigenvalue weighted by Gasteiger charge is -2.39. The van der Waals surface area contributed by atoms with Gasteiger partial charge in [-0.25, -0.2) is 8.42 Å². The highest BCUT2D eigenvalue weighted by molar-refractivity contribution is 8.71. The zero-order valence-electron chi connectivity index (χ0n) is 16.7. The molecule has 0 aromatic heterocycles. The number of quaternary nitrogens is 1. The molecule has 0 aromatic carbocycles. The fraction of sp³-hybridized carbons (Fsp3) is 1.00. The summed E-state index contributed by atoms with van der Waals surface area (Å²) in [5.41, 5.74) is 0. The third-order valence-electron chi connectivity index (χ3n) is 4.78. The Balaban J connectivity index is 4.25. The molecule has 0 aliphatic heterocycles. The normalized spacial score (nSPS) is 12.7. The summed E-state index contributed by atoms with van der Waals surface area (Å²) in [7, 11) is -1.76. The van der Waals surface area contributed by atoms with Crippen molar-refractivity contribution in [2.75, 3.05) is 38.2 Å². The molecule has 0 unspecified atom stereocenters. The highest BCUT2D eigenvalue weighted by Gasteiger charge is 2.24. The predicted molar refractivity (Wildman–Crippen MR) is 110 cm³/mol. The van der Waals surface area contributed by atoms with Crippen LogP contribution in [-0.2, 0) is 8.87 Å². The van der Waals surface area contributed by atoms with Crippen molar-refractivity contribution in [1.29, 1.82) is 0 Å². The maximum Gasteiger partial charge on any atom is 0.198 e. The molecule has 0 radical (unpaired) electrons. The van der Waals surface area contributed by atoms with E-state index in [2.05, 4.69) is 20.8 Å². The van der Waals surface area contributed by atoms with E-state index in [9.17, 15) is 8.42 Å². The Kier molecular flexibility index (Phi) is 14.6. The zero-order valence-corrected chi connectivity index (χ0v) is 18.3. The smallest absolute Gasteiger partial charge is 0.198 e. The van der Waals surface area contributed by atoms with Crippen molar-refractivity contribution in [3.8, 4) is 0 Å². The minimum absolute atomic E-state index is 0.750. The minimum Gasteiger partial charge on any atom is -0.324 e. The monoisotopic (exact) mass is 380 g/mol. The quantitative estimate of drug-likeness (QED) is 0.191. The van der Waals surface area contributed by atoms with E-state index in [0.717, 1.165) is 29.4 Å². The third kappa shape index (κ3) is 13.5. The van der Waals surface area contributed by atoms with Crippen LogP contribution in [0, 0.1) is 0 Å². The minimum atomic E-state index is -2.86. The van der Waals surface area contributed by atoms with Crippen LogP contribution in [0.1, 0.15) is 85.0 Å². The van der Waals surface area contributed by atoms with Gasteiger partial charge in [-0.05, 0) is 49.3 Å². The zero-order chi connectivity index (χ0) is 18.3. The summed E-state index contributed by atoms with van der Waals surface area (Å²) in [4.78, 5) is 0. The second kappa shape index (κ2) is 14.4. The summed E-state index contributed by atoms with van der Waals surface area (Å²) >= 11 is 0. The van der Waals surface area contributed by atoms with Crippen LogP contribution < -0.4 is 0 Å². The first kappa shape index (κ1) is 24.3. The van der Waals surface area contributed by atoms with Gasteiger partial charge < -0.3 is 4.48 Å². The molecule has 0 aliphatic carbocycles. The topological polar surface area (TPSA) is 34.1 Å². The van der Waals surface area contributed by atoms with Crippen molar-refractivity contribution >= 4 is 19.7 Å². The summed E-state index contributed by atoms with van der Waals surface area (Å²) in [6, 6.07) is 0. The maximum absolute atomic E-state index is 11.1. The Morgan fingerprint density at radius 3 is 1.50 bits per heavy atom. The molecule has 0 N–H and O–H groups in total. The molecule has 0 heterocycles. The summed E-state index contributed by atoms with van der Waals surface area (Å²) in [5, 5.41) is 0. The lowest BCUT2D eigenvalue weighted by Crippen LogP contribution is -2.50. The molecule has 0 aliphatic rings. The summed E-state index contributed by atoms with van der Waals surface area (Å²) < 4.78 is 23.6. The van der Waals surface area contributed by atoms with Crippen LogP contribution in [0.5, 0.6) is 0 Å². The molecule has 146 valence electrons. The number of rotatable bonds is 17. The van der Waals surface area contributed by atoms with E-state index in [4.69, 9.17) is 0 Å². The number of hydrogen-bond acceptors (Lipinski definition) is 3. The van der Waals surface area contributed by atoms with Gasteiger partial charge in [-0.1, -0.05) is 46.5 Å². The van der Waals surface area contributed by atoms with Crippen LogP contribution in [0.3, 0.4) is 0 Å². The van der Waals surface area contributed by atoms with Crippen LogP contribution in [0.2, 0.25) is 0 Å². The van der Waals surface area contributed by atoms with Crippen molar-refractivity contribution in [3.05, 3.63) is 0 Å². The van der Waals surface area contributed by atoms with Crippen LogP contribution in [-0.4, -0.2) is 51.1 Å². The molecule has 0 amide bonds. The van der Waals surface area contributed by atoms with Crippen LogP contribution in [0.25, 0.3) is 0 Å². The summed E-state index contributed by atoms with van der Waals surface area (Å²) in [5.74, 6) is 0.750. The molecule has 0 spiro atoms. The van der Waals surface area contributed by atoms with Crippen molar-refractivity contribution in [2.24, 2.45) is 0 Å². The Bertz CT molecular complexity index is 361. The van der Waals surface area contributed by atoms with Crippen LogP contribution >= 0.6 is 10.8 Å². The van der Waals surface area contributed by atoms with Gasteiger partial charge in [0.05, 0.1) is 26.2 Å². The Morgan fingerprint density at radius 1 is 0.667 bits per heavy atom. The van der Waals surface area contributed by atoms with Crippen LogP contribution in [0.15, 0.2) is 0 Å². The number of unbranched alkanes of at least 4 members (excludes halogenated alkanes) is 6. The molecule has 0 bridgehead atoms. The van der Waals surface area contributed by atoms with E-state index in [1.165, 1.54) is 88.3 Å². The van der Waals surface area contributed by atoms with E-state index in [-0.39, 0.29) is 0 Å². The molecular formula is C19H42NO2S2+. The predicted octanol–water partition coefficient (Wildman–Crippen LogP) is 5.46. The second-order valence-electron chi connectivity index (χ2n) is 7.24. The van der Waals surface area contributed by atoms with Crippen molar-refractivity contribution < 1.29 is 12.9 Å². The third-order valence-corrected chi connectivity index (χ3v) is 7.45. The Hall–Kier alpha value is 0.260. The molecule has 0 rings (SSSR count). The Morgan fingerprint density at radius 2 is 1.08 bits per heavy atom. The molecule has 0 aromatic rings. The van der Waals surface area contributed by atoms with Gasteiger partial charge in [0, 0.05) is 12.0 Å². The SMILES string of the molecule is CCCC[N+](CCCC)(CCCC)CCCCCCSS(C)(=O)=O. The fourth-order valence-corrected chi connectivity index (χ4v) is 5.15. The first-order chi connectivity index (χ1) is 11.4. The largest absolute Gasteiger partial charge is 0.324 e. The first-order valence-electron chi connectivity index (χ1n) is 10.1. The number of hydrogen-bond donors (Lipinski definition) is 0. The summed E-state index contributed by atoms with van der Waals surface area (Å²) in [6.45, 7) is 12.3. The number of nitrogens with zero attached hydrogens (tertiary/aromatic N) is 1. The molecule has 0 fully saturated rings. The van der Waals surface area contributed by atoms with Crippen molar-refractivity contribution in [1.82, 2.24) is 0 Å². The molecule has 5 heteroatoms. The first-order valence-corrected chi connectivity index (χ1v) is 13.5. The average molecular weight is 381 g/mol. The highest BCUT2D eigenvalue weighted by atomic mass is 33.1. The van der Waals surface area contributed by atoms with E-state index < -0.39 is 8.87 Å². The van der Waals surface area contributed by atoms with E-state index >= 15 is 0 Å². The highest BCUT2D eigenvalue weighted by Crippen LogP contribution is 2.18. The maximum atomic E-state index is 11.1. The molecule has 3 nitrogen and oxygen atoms in total. The van der Waals surface area contributed by atoms with Gasteiger partial charge in [0.25, 0.3) is 0 Å². The van der Waals surface area contributed by atoms with Crippen LogP contribution in [0.4, 0.5) is 0 Å².